The summed E-state index contributed by atoms with van der Waals surface area (Å²) in [4.78, 5) is 39.4. The Morgan fingerprint density at radius 3 is 2.83 bits per heavy atom. The van der Waals surface area contributed by atoms with E-state index in [9.17, 15) is 14.4 Å². The first kappa shape index (κ1) is 19.8. The number of carbonyl (C=O) groups excluding carboxylic acids is 2. The topological polar surface area (TPSA) is 72.5 Å². The zero-order chi connectivity index (χ0) is 20.5. The highest BCUT2D eigenvalue weighted by molar-refractivity contribution is 7.17. The number of nitrogens with one attached hydrogen (secondary N) is 1. The third kappa shape index (κ3) is 3.84. The fourth-order valence-electron chi connectivity index (χ4n) is 3.67. The zero-order valence-corrected chi connectivity index (χ0v) is 17.9. The summed E-state index contributed by atoms with van der Waals surface area (Å²) in [6, 6.07) is 8.93. The van der Waals surface area contributed by atoms with Gasteiger partial charge in [-0.25, -0.2) is 4.79 Å². The molecule has 150 valence electrons. The van der Waals surface area contributed by atoms with Crippen LogP contribution in [-0.4, -0.2) is 18.5 Å². The second-order valence-corrected chi connectivity index (χ2v) is 9.34. The predicted octanol–water partition coefficient (Wildman–Crippen LogP) is 4.88. The van der Waals surface area contributed by atoms with Gasteiger partial charge in [-0.2, -0.15) is 0 Å². The molecular formula is C22H21NO4S2. The van der Waals surface area contributed by atoms with Crippen molar-refractivity contribution in [3.05, 3.63) is 60.8 Å². The molecule has 1 aromatic carbocycles. The van der Waals surface area contributed by atoms with Crippen molar-refractivity contribution in [3.8, 4) is 0 Å². The van der Waals surface area contributed by atoms with Crippen LogP contribution in [0.5, 0.6) is 0 Å². The first-order valence-electron chi connectivity index (χ1n) is 9.63. The molecular weight excluding hydrogens is 406 g/mol. The number of rotatable bonds is 4. The largest absolute Gasteiger partial charge is 0.462 e. The van der Waals surface area contributed by atoms with Crippen LogP contribution in [0.25, 0.3) is 10.8 Å². The Morgan fingerprint density at radius 1 is 1.24 bits per heavy atom. The van der Waals surface area contributed by atoms with E-state index in [2.05, 4.69) is 12.2 Å². The molecule has 1 atom stereocenters. The molecule has 5 nitrogen and oxygen atoms in total. The maximum absolute atomic E-state index is 12.9. The number of anilines is 1. The summed E-state index contributed by atoms with van der Waals surface area (Å²) in [6.45, 7) is 4.24. The van der Waals surface area contributed by atoms with Crippen LogP contribution in [0, 0.1) is 5.92 Å². The van der Waals surface area contributed by atoms with Crippen molar-refractivity contribution in [3.63, 3.8) is 0 Å². The van der Waals surface area contributed by atoms with Gasteiger partial charge in [0.15, 0.2) is 0 Å². The van der Waals surface area contributed by atoms with Crippen LogP contribution >= 0.6 is 22.7 Å². The molecule has 29 heavy (non-hydrogen) atoms. The van der Waals surface area contributed by atoms with Crippen LogP contribution in [0.4, 0.5) is 5.00 Å². The monoisotopic (exact) mass is 427 g/mol. The third-order valence-corrected chi connectivity index (χ3v) is 7.21. The third-order valence-electron chi connectivity index (χ3n) is 5.11. The summed E-state index contributed by atoms with van der Waals surface area (Å²) in [5, 5.41) is 4.72. The minimum absolute atomic E-state index is 0.154. The van der Waals surface area contributed by atoms with Gasteiger partial charge < -0.3 is 10.1 Å². The van der Waals surface area contributed by atoms with Gasteiger partial charge in [0.2, 0.25) is 4.74 Å². The minimum Gasteiger partial charge on any atom is -0.462 e. The minimum atomic E-state index is -0.401. The highest BCUT2D eigenvalue weighted by Gasteiger charge is 2.29. The summed E-state index contributed by atoms with van der Waals surface area (Å²) in [6.07, 6.45) is 2.71. The normalized spacial score (nSPS) is 15.7. The van der Waals surface area contributed by atoms with Crippen molar-refractivity contribution in [2.24, 2.45) is 5.92 Å². The van der Waals surface area contributed by atoms with Gasteiger partial charge in [-0.1, -0.05) is 36.5 Å². The van der Waals surface area contributed by atoms with E-state index in [0.717, 1.165) is 46.4 Å². The van der Waals surface area contributed by atoms with Crippen molar-refractivity contribution in [1.29, 1.82) is 0 Å². The molecule has 0 saturated heterocycles. The van der Waals surface area contributed by atoms with Gasteiger partial charge in [-0.3, -0.25) is 9.59 Å². The van der Waals surface area contributed by atoms with Crippen molar-refractivity contribution < 1.29 is 14.3 Å². The Balaban J connectivity index is 1.71. The fraction of sp³-hybridized carbons (Fsp3) is 0.318. The molecule has 2 heterocycles. The Labute approximate surface area is 176 Å². The fourth-order valence-corrected chi connectivity index (χ4v) is 5.89. The molecule has 0 bridgehead atoms. The first-order valence-corrected chi connectivity index (χ1v) is 11.3. The Morgan fingerprint density at radius 2 is 2.03 bits per heavy atom. The van der Waals surface area contributed by atoms with E-state index < -0.39 is 5.97 Å². The average Bonchev–Trinajstić information content (AvgIpc) is 3.05. The van der Waals surface area contributed by atoms with Crippen molar-refractivity contribution in [2.45, 2.75) is 33.1 Å². The highest BCUT2D eigenvalue weighted by Crippen LogP contribution is 2.40. The molecule has 1 aliphatic rings. The van der Waals surface area contributed by atoms with Gasteiger partial charge in [0.05, 0.1) is 17.0 Å². The van der Waals surface area contributed by atoms with E-state index in [4.69, 9.17) is 4.74 Å². The van der Waals surface area contributed by atoms with E-state index in [1.165, 1.54) is 11.3 Å². The highest BCUT2D eigenvalue weighted by atomic mass is 32.1. The first-order chi connectivity index (χ1) is 14.0. The van der Waals surface area contributed by atoms with Gasteiger partial charge in [-0.15, -0.1) is 11.3 Å². The molecule has 1 N–H and O–H groups in total. The second kappa shape index (κ2) is 8.08. The van der Waals surface area contributed by atoms with Crippen molar-refractivity contribution in [1.82, 2.24) is 0 Å². The smallest absolute Gasteiger partial charge is 0.341 e. The van der Waals surface area contributed by atoms with Gasteiger partial charge in [0.25, 0.3) is 5.91 Å². The van der Waals surface area contributed by atoms with Crippen molar-refractivity contribution >= 4 is 50.3 Å². The predicted molar refractivity (Wildman–Crippen MR) is 118 cm³/mol. The zero-order valence-electron chi connectivity index (χ0n) is 16.2. The number of carbonyl (C=O) groups is 2. The number of amides is 1. The molecule has 0 radical (unpaired) electrons. The van der Waals surface area contributed by atoms with Gasteiger partial charge >= 0.3 is 5.97 Å². The van der Waals surface area contributed by atoms with Crippen LogP contribution in [0.15, 0.2) is 35.1 Å². The van der Waals surface area contributed by atoms with Crippen LogP contribution in [0.3, 0.4) is 0 Å². The van der Waals surface area contributed by atoms with Crippen LogP contribution in [0.2, 0.25) is 0 Å². The number of hydrogen-bond donors (Lipinski definition) is 1. The Bertz CT molecular complexity index is 1160. The van der Waals surface area contributed by atoms with E-state index in [1.807, 2.05) is 12.1 Å². The molecule has 0 fully saturated rings. The molecule has 1 aliphatic carbocycles. The van der Waals surface area contributed by atoms with Gasteiger partial charge in [0.1, 0.15) is 5.00 Å². The maximum atomic E-state index is 12.9. The van der Waals surface area contributed by atoms with E-state index >= 15 is 0 Å². The Hall–Kier alpha value is -2.51. The molecule has 3 aromatic rings. The van der Waals surface area contributed by atoms with Crippen LogP contribution in [0.1, 0.15) is 50.7 Å². The molecule has 4 rings (SSSR count). The SMILES string of the molecule is CCOC(=O)c1c(NC(=O)c2cc3ccccc3c(=O)s2)sc2c1CC[C@@H](C)C2. The van der Waals surface area contributed by atoms with E-state index in [-0.39, 0.29) is 17.3 Å². The summed E-state index contributed by atoms with van der Waals surface area (Å²) >= 11 is 2.36. The van der Waals surface area contributed by atoms with Gasteiger partial charge in [-0.05, 0) is 55.2 Å². The molecule has 1 amide bonds. The molecule has 0 saturated carbocycles. The summed E-state index contributed by atoms with van der Waals surface area (Å²) in [5.41, 5.74) is 1.47. The second-order valence-electron chi connectivity index (χ2n) is 7.22. The van der Waals surface area contributed by atoms with E-state index in [0.29, 0.717) is 26.7 Å². The quantitative estimate of drug-likeness (QED) is 0.603. The number of ether oxygens (including phenoxy) is 1. The molecule has 2 aromatic heterocycles. The lowest BCUT2D eigenvalue weighted by atomic mass is 9.88. The number of thiophene rings is 1. The molecule has 0 unspecified atom stereocenters. The lowest BCUT2D eigenvalue weighted by Gasteiger charge is -2.18. The van der Waals surface area contributed by atoms with Crippen LogP contribution < -0.4 is 10.1 Å². The Kier molecular flexibility index (Phi) is 5.52. The standard InChI is InChI=1S/C22H21NO4S2/c1-3-27-21(25)18-15-9-8-12(2)10-16(15)28-20(18)23-19(24)17-11-13-6-4-5-7-14(13)22(26)29-17/h4-7,11-12H,3,8-10H2,1-2H3,(H,23,24)/t12-/m1/s1. The lowest BCUT2D eigenvalue weighted by molar-refractivity contribution is 0.0526. The number of fused-ring (bicyclic) bond motifs is 2. The van der Waals surface area contributed by atoms with E-state index in [1.54, 1.807) is 25.1 Å². The number of benzene rings is 1. The molecule has 7 heteroatoms. The molecule has 0 aliphatic heterocycles. The maximum Gasteiger partial charge on any atom is 0.341 e. The molecule has 0 spiro atoms. The lowest BCUT2D eigenvalue weighted by Crippen LogP contribution is -2.17. The number of esters is 1. The summed E-state index contributed by atoms with van der Waals surface area (Å²) in [7, 11) is 0. The summed E-state index contributed by atoms with van der Waals surface area (Å²) in [5.74, 6) is -0.234. The number of hydrogen-bond acceptors (Lipinski definition) is 6. The van der Waals surface area contributed by atoms with Crippen molar-refractivity contribution in [2.75, 3.05) is 11.9 Å². The van der Waals surface area contributed by atoms with Gasteiger partial charge in [0, 0.05) is 10.3 Å². The summed E-state index contributed by atoms with van der Waals surface area (Å²) < 4.78 is 5.10. The average molecular weight is 428 g/mol. The van der Waals surface area contributed by atoms with Crippen LogP contribution in [-0.2, 0) is 17.6 Å².